The average molecular weight is 181 g/mol. The molecule has 4 nitrogen and oxygen atoms in total. The van der Waals surface area contributed by atoms with Crippen molar-refractivity contribution in [3.8, 4) is 0 Å². The van der Waals surface area contributed by atoms with Crippen molar-refractivity contribution in [2.24, 2.45) is 0 Å². The first-order valence-corrected chi connectivity index (χ1v) is 4.17. The largest absolute Gasteiger partial charge is 0.466 e. The molecule has 4 heteroatoms. The fraction of sp³-hybridized carbons (Fsp3) is 0.444. The van der Waals surface area contributed by atoms with Gasteiger partial charge in [-0.2, -0.15) is 0 Å². The van der Waals surface area contributed by atoms with Crippen LogP contribution in [0.5, 0.6) is 0 Å². The van der Waals surface area contributed by atoms with Gasteiger partial charge in [0.25, 0.3) is 0 Å². The van der Waals surface area contributed by atoms with Crippen molar-refractivity contribution < 1.29 is 13.9 Å². The Hall–Kier alpha value is -1.45. The normalized spacial score (nSPS) is 21.4. The van der Waals surface area contributed by atoms with Gasteiger partial charge >= 0.3 is 6.09 Å². The Kier molecular flexibility index (Phi) is 1.76. The van der Waals surface area contributed by atoms with Gasteiger partial charge in [-0.05, 0) is 19.9 Å². The standard InChI is InChI=1S/C9H11NO3/c1-5-3-7(6(2)13-5)8-4-12-9(11)10-8/h3,8H,4H2,1-2H3,(H,10,11). The summed E-state index contributed by atoms with van der Waals surface area (Å²) in [5, 5.41) is 2.70. The third kappa shape index (κ3) is 1.39. The van der Waals surface area contributed by atoms with E-state index in [1.165, 1.54) is 0 Å². The fourth-order valence-corrected chi connectivity index (χ4v) is 1.55. The molecule has 70 valence electrons. The lowest BCUT2D eigenvalue weighted by Gasteiger charge is -2.03. The number of carbonyl (C=O) groups excluding carboxylic acids is 1. The van der Waals surface area contributed by atoms with Crippen LogP contribution in [0.25, 0.3) is 0 Å². The van der Waals surface area contributed by atoms with E-state index >= 15 is 0 Å². The summed E-state index contributed by atoms with van der Waals surface area (Å²) in [4.78, 5) is 10.8. The molecule has 0 bridgehead atoms. The molecule has 0 spiro atoms. The summed E-state index contributed by atoms with van der Waals surface area (Å²) in [6.07, 6.45) is -0.358. The summed E-state index contributed by atoms with van der Waals surface area (Å²) >= 11 is 0. The summed E-state index contributed by atoms with van der Waals surface area (Å²) in [7, 11) is 0. The predicted octanol–water partition coefficient (Wildman–Crippen LogP) is 1.68. The first kappa shape index (κ1) is 8.16. The van der Waals surface area contributed by atoms with Gasteiger partial charge < -0.3 is 14.5 Å². The number of nitrogens with one attached hydrogen (secondary N) is 1. The summed E-state index contributed by atoms with van der Waals surface area (Å²) in [5.41, 5.74) is 1.00. The van der Waals surface area contributed by atoms with Crippen LogP contribution in [0.15, 0.2) is 10.5 Å². The van der Waals surface area contributed by atoms with Gasteiger partial charge in [0.15, 0.2) is 0 Å². The van der Waals surface area contributed by atoms with Crippen molar-refractivity contribution in [1.29, 1.82) is 0 Å². The van der Waals surface area contributed by atoms with Gasteiger partial charge in [0.1, 0.15) is 18.1 Å². The molecule has 1 aromatic heterocycles. The lowest BCUT2D eigenvalue weighted by molar-refractivity contribution is 0.177. The van der Waals surface area contributed by atoms with Crippen molar-refractivity contribution >= 4 is 6.09 Å². The molecule has 0 aliphatic carbocycles. The van der Waals surface area contributed by atoms with Crippen LogP contribution in [0.4, 0.5) is 4.79 Å². The Bertz CT molecular complexity index is 343. The van der Waals surface area contributed by atoms with Gasteiger partial charge in [-0.3, -0.25) is 0 Å². The molecule has 0 aromatic carbocycles. The maximum atomic E-state index is 10.8. The Labute approximate surface area is 75.9 Å². The molecule has 1 fully saturated rings. The lowest BCUT2D eigenvalue weighted by atomic mass is 10.1. The Morgan fingerprint density at radius 1 is 1.54 bits per heavy atom. The molecule has 1 atom stereocenters. The number of aryl methyl sites for hydroxylation is 2. The first-order valence-electron chi connectivity index (χ1n) is 4.17. The van der Waals surface area contributed by atoms with E-state index in [0.717, 1.165) is 17.1 Å². The molecule has 1 N–H and O–H groups in total. The molecule has 1 aliphatic heterocycles. The molecular weight excluding hydrogens is 170 g/mol. The molecule has 2 rings (SSSR count). The van der Waals surface area contributed by atoms with E-state index in [4.69, 9.17) is 9.15 Å². The van der Waals surface area contributed by atoms with Crippen molar-refractivity contribution in [2.45, 2.75) is 19.9 Å². The van der Waals surface area contributed by atoms with Crippen LogP contribution in [0, 0.1) is 13.8 Å². The molecule has 1 aliphatic rings. The number of ether oxygens (including phenoxy) is 1. The second-order valence-electron chi connectivity index (χ2n) is 3.16. The van der Waals surface area contributed by atoms with Gasteiger partial charge in [-0.1, -0.05) is 0 Å². The lowest BCUT2D eigenvalue weighted by Crippen LogP contribution is -2.18. The zero-order valence-electron chi connectivity index (χ0n) is 7.59. The minimum atomic E-state index is -0.358. The highest BCUT2D eigenvalue weighted by atomic mass is 16.6. The Balaban J connectivity index is 2.25. The van der Waals surface area contributed by atoms with Crippen LogP contribution in [-0.2, 0) is 4.74 Å². The van der Waals surface area contributed by atoms with Crippen LogP contribution in [-0.4, -0.2) is 12.7 Å². The highest BCUT2D eigenvalue weighted by Crippen LogP contribution is 2.24. The maximum Gasteiger partial charge on any atom is 0.407 e. The SMILES string of the molecule is Cc1cc(C2COC(=O)N2)c(C)o1. The Morgan fingerprint density at radius 2 is 2.31 bits per heavy atom. The molecule has 1 unspecified atom stereocenters. The first-order chi connectivity index (χ1) is 6.16. The van der Waals surface area contributed by atoms with Gasteiger partial charge in [-0.25, -0.2) is 4.79 Å². The zero-order valence-corrected chi connectivity index (χ0v) is 7.59. The molecule has 0 radical (unpaired) electrons. The minimum absolute atomic E-state index is 0.0510. The molecular formula is C9H11NO3. The van der Waals surface area contributed by atoms with Crippen LogP contribution >= 0.6 is 0 Å². The number of rotatable bonds is 1. The summed E-state index contributed by atoms with van der Waals surface area (Å²) < 4.78 is 10.1. The van der Waals surface area contributed by atoms with Crippen molar-refractivity contribution in [3.63, 3.8) is 0 Å². The topological polar surface area (TPSA) is 51.5 Å². The monoisotopic (exact) mass is 181 g/mol. The van der Waals surface area contributed by atoms with Crippen LogP contribution in [0.2, 0.25) is 0 Å². The second-order valence-corrected chi connectivity index (χ2v) is 3.16. The molecule has 0 saturated carbocycles. The van der Waals surface area contributed by atoms with Crippen molar-refractivity contribution in [2.75, 3.05) is 6.61 Å². The van der Waals surface area contributed by atoms with E-state index in [1.807, 2.05) is 19.9 Å². The smallest absolute Gasteiger partial charge is 0.407 e. The number of cyclic esters (lactones) is 1. The van der Waals surface area contributed by atoms with E-state index in [-0.39, 0.29) is 12.1 Å². The van der Waals surface area contributed by atoms with Crippen LogP contribution in [0.1, 0.15) is 23.1 Å². The average Bonchev–Trinajstić information content (AvgIpc) is 2.58. The number of carbonyl (C=O) groups is 1. The summed E-state index contributed by atoms with van der Waals surface area (Å²) in [6, 6.07) is 1.87. The van der Waals surface area contributed by atoms with Gasteiger partial charge in [0.05, 0.1) is 6.04 Å². The number of hydrogen-bond donors (Lipinski definition) is 1. The van der Waals surface area contributed by atoms with Crippen molar-refractivity contribution in [3.05, 3.63) is 23.2 Å². The number of amides is 1. The summed E-state index contributed by atoms with van der Waals surface area (Å²) in [5.74, 6) is 1.70. The number of furan rings is 1. The van der Waals surface area contributed by atoms with Crippen LogP contribution in [0.3, 0.4) is 0 Å². The fourth-order valence-electron chi connectivity index (χ4n) is 1.55. The summed E-state index contributed by atoms with van der Waals surface area (Å²) in [6.45, 7) is 4.15. The zero-order chi connectivity index (χ0) is 9.42. The third-order valence-electron chi connectivity index (χ3n) is 2.13. The van der Waals surface area contributed by atoms with Gasteiger partial charge in [-0.15, -0.1) is 0 Å². The van der Waals surface area contributed by atoms with E-state index in [9.17, 15) is 4.79 Å². The van der Waals surface area contributed by atoms with E-state index in [0.29, 0.717) is 6.61 Å². The predicted molar refractivity (Wildman–Crippen MR) is 45.4 cm³/mol. The quantitative estimate of drug-likeness (QED) is 0.717. The van der Waals surface area contributed by atoms with E-state index < -0.39 is 0 Å². The van der Waals surface area contributed by atoms with E-state index in [1.54, 1.807) is 0 Å². The third-order valence-corrected chi connectivity index (χ3v) is 2.13. The highest BCUT2D eigenvalue weighted by molar-refractivity contribution is 5.70. The molecule has 1 saturated heterocycles. The molecule has 2 heterocycles. The van der Waals surface area contributed by atoms with Crippen LogP contribution < -0.4 is 5.32 Å². The Morgan fingerprint density at radius 3 is 2.77 bits per heavy atom. The molecule has 13 heavy (non-hydrogen) atoms. The van der Waals surface area contributed by atoms with Crippen molar-refractivity contribution in [1.82, 2.24) is 5.32 Å². The van der Waals surface area contributed by atoms with Gasteiger partial charge in [0.2, 0.25) is 0 Å². The minimum Gasteiger partial charge on any atom is -0.466 e. The highest BCUT2D eigenvalue weighted by Gasteiger charge is 2.26. The molecule has 1 aromatic rings. The van der Waals surface area contributed by atoms with E-state index in [2.05, 4.69) is 5.32 Å². The van der Waals surface area contributed by atoms with Gasteiger partial charge in [0, 0.05) is 5.56 Å². The second kappa shape index (κ2) is 2.80. The number of alkyl carbamates (subject to hydrolysis) is 1. The number of hydrogen-bond acceptors (Lipinski definition) is 3. The molecule has 1 amide bonds. The maximum absolute atomic E-state index is 10.8.